The summed E-state index contributed by atoms with van der Waals surface area (Å²) in [5.41, 5.74) is 7.86. The third kappa shape index (κ3) is 3.61. The highest BCUT2D eigenvalue weighted by Gasteiger charge is 2.13. The molecular formula is C28H25NO. The Morgan fingerprint density at radius 1 is 0.700 bits per heavy atom. The summed E-state index contributed by atoms with van der Waals surface area (Å²) >= 11 is 0. The fourth-order valence-corrected chi connectivity index (χ4v) is 4.10. The van der Waals surface area contributed by atoms with Crippen molar-refractivity contribution in [2.45, 2.75) is 27.2 Å². The van der Waals surface area contributed by atoms with Crippen molar-refractivity contribution in [1.82, 2.24) is 4.98 Å². The fourth-order valence-electron chi connectivity index (χ4n) is 4.10. The Hall–Kier alpha value is -3.39. The lowest BCUT2D eigenvalue weighted by Gasteiger charge is -2.18. The molecule has 0 aliphatic carbocycles. The van der Waals surface area contributed by atoms with Crippen molar-refractivity contribution < 1.29 is 4.42 Å². The number of rotatable bonds is 3. The molecule has 0 N–H and O–H groups in total. The lowest BCUT2D eigenvalue weighted by Crippen LogP contribution is -2.09. The Kier molecular flexibility index (Phi) is 4.43. The predicted molar refractivity (Wildman–Crippen MR) is 126 cm³/mol. The predicted octanol–water partition coefficient (Wildman–Crippen LogP) is 7.90. The second kappa shape index (κ2) is 7.14. The lowest BCUT2D eigenvalue weighted by atomic mass is 9.88. The normalized spacial score (nSPS) is 12.0. The largest absolute Gasteiger partial charge is 0.456 e. The first kappa shape index (κ1) is 18.6. The van der Waals surface area contributed by atoms with Crippen molar-refractivity contribution in [3.63, 3.8) is 0 Å². The van der Waals surface area contributed by atoms with Gasteiger partial charge < -0.3 is 4.42 Å². The molecule has 3 aromatic carbocycles. The van der Waals surface area contributed by atoms with E-state index in [1.165, 1.54) is 16.7 Å². The number of benzene rings is 3. The van der Waals surface area contributed by atoms with E-state index in [0.717, 1.165) is 39.6 Å². The zero-order valence-electron chi connectivity index (χ0n) is 17.6. The number of nitrogens with zero attached hydrogens (tertiary/aromatic N) is 1. The number of hydrogen-bond acceptors (Lipinski definition) is 2. The SMILES string of the molecule is CC(C)(C)Cc1ccnc(-c2ccc3c(c2)oc2ccc(-c4ccccc4)cc23)c1. The number of fused-ring (bicyclic) bond motifs is 3. The summed E-state index contributed by atoms with van der Waals surface area (Å²) in [7, 11) is 0. The van der Waals surface area contributed by atoms with Crippen molar-refractivity contribution in [2.75, 3.05) is 0 Å². The summed E-state index contributed by atoms with van der Waals surface area (Å²) in [6.45, 7) is 6.78. The van der Waals surface area contributed by atoms with E-state index in [4.69, 9.17) is 4.42 Å². The minimum Gasteiger partial charge on any atom is -0.456 e. The molecule has 5 rings (SSSR count). The molecule has 0 spiro atoms. The maximum Gasteiger partial charge on any atom is 0.136 e. The summed E-state index contributed by atoms with van der Waals surface area (Å²) in [4.78, 5) is 4.61. The molecule has 2 heterocycles. The van der Waals surface area contributed by atoms with Crippen molar-refractivity contribution in [3.8, 4) is 22.4 Å². The highest BCUT2D eigenvalue weighted by Crippen LogP contribution is 2.34. The van der Waals surface area contributed by atoms with Crippen LogP contribution in [0.1, 0.15) is 26.3 Å². The maximum absolute atomic E-state index is 6.19. The van der Waals surface area contributed by atoms with Crippen LogP contribution in [-0.4, -0.2) is 4.98 Å². The Morgan fingerprint density at radius 3 is 2.30 bits per heavy atom. The molecule has 0 aliphatic heterocycles. The zero-order chi connectivity index (χ0) is 20.7. The van der Waals surface area contributed by atoms with Gasteiger partial charge in [0.05, 0.1) is 5.69 Å². The van der Waals surface area contributed by atoms with Crippen LogP contribution in [0.2, 0.25) is 0 Å². The van der Waals surface area contributed by atoms with Gasteiger partial charge >= 0.3 is 0 Å². The Balaban J connectivity index is 1.57. The molecule has 2 heteroatoms. The molecule has 0 saturated carbocycles. The van der Waals surface area contributed by atoms with E-state index in [0.29, 0.717) is 0 Å². The van der Waals surface area contributed by atoms with Gasteiger partial charge in [-0.15, -0.1) is 0 Å². The van der Waals surface area contributed by atoms with Crippen LogP contribution in [0.25, 0.3) is 44.3 Å². The first-order valence-corrected chi connectivity index (χ1v) is 10.4. The molecule has 0 aliphatic rings. The number of furan rings is 1. The van der Waals surface area contributed by atoms with Gasteiger partial charge in [-0.1, -0.05) is 63.2 Å². The first-order chi connectivity index (χ1) is 14.5. The van der Waals surface area contributed by atoms with Gasteiger partial charge in [-0.25, -0.2) is 0 Å². The van der Waals surface area contributed by atoms with Crippen LogP contribution in [0.4, 0.5) is 0 Å². The average Bonchev–Trinajstić information content (AvgIpc) is 3.10. The van der Waals surface area contributed by atoms with Crippen molar-refractivity contribution in [1.29, 1.82) is 0 Å². The van der Waals surface area contributed by atoms with Gasteiger partial charge in [0.25, 0.3) is 0 Å². The summed E-state index contributed by atoms with van der Waals surface area (Å²) in [5.74, 6) is 0. The molecule has 30 heavy (non-hydrogen) atoms. The van der Waals surface area contributed by atoms with Crippen LogP contribution < -0.4 is 0 Å². The van der Waals surface area contributed by atoms with E-state index in [2.05, 4.69) is 98.6 Å². The molecule has 0 amide bonds. The van der Waals surface area contributed by atoms with E-state index < -0.39 is 0 Å². The highest BCUT2D eigenvalue weighted by molar-refractivity contribution is 6.07. The van der Waals surface area contributed by atoms with Gasteiger partial charge in [0.2, 0.25) is 0 Å². The lowest BCUT2D eigenvalue weighted by molar-refractivity contribution is 0.411. The van der Waals surface area contributed by atoms with E-state index in [9.17, 15) is 0 Å². The van der Waals surface area contributed by atoms with Crippen LogP contribution in [0.15, 0.2) is 89.5 Å². The third-order valence-electron chi connectivity index (χ3n) is 5.43. The molecule has 0 fully saturated rings. The zero-order valence-corrected chi connectivity index (χ0v) is 17.6. The van der Waals surface area contributed by atoms with Crippen molar-refractivity contribution >= 4 is 21.9 Å². The van der Waals surface area contributed by atoms with Crippen molar-refractivity contribution in [3.05, 3.63) is 90.6 Å². The van der Waals surface area contributed by atoms with Crippen molar-refractivity contribution in [2.24, 2.45) is 5.41 Å². The van der Waals surface area contributed by atoms with Gasteiger partial charge in [0.1, 0.15) is 11.2 Å². The van der Waals surface area contributed by atoms with E-state index in [1.54, 1.807) is 0 Å². The maximum atomic E-state index is 6.19. The molecule has 0 unspecified atom stereocenters. The van der Waals surface area contributed by atoms with Gasteiger partial charge in [-0.2, -0.15) is 0 Å². The summed E-state index contributed by atoms with van der Waals surface area (Å²) in [5, 5.41) is 2.28. The van der Waals surface area contributed by atoms with Crippen LogP contribution in [0.3, 0.4) is 0 Å². The number of hydrogen-bond donors (Lipinski definition) is 0. The summed E-state index contributed by atoms with van der Waals surface area (Å²) < 4.78 is 6.19. The monoisotopic (exact) mass is 391 g/mol. The van der Waals surface area contributed by atoms with Crippen LogP contribution >= 0.6 is 0 Å². The summed E-state index contributed by atoms with van der Waals surface area (Å²) in [6.07, 6.45) is 2.93. The van der Waals surface area contributed by atoms with Gasteiger partial charge in [0.15, 0.2) is 0 Å². The number of pyridine rings is 1. The standard InChI is InChI=1S/C28H25NO/c1-28(2,3)18-19-13-14-29-25(15-19)22-9-11-23-24-16-21(20-7-5-4-6-8-20)10-12-26(24)30-27(23)17-22/h4-17H,18H2,1-3H3. The molecule has 5 aromatic rings. The molecule has 2 nitrogen and oxygen atoms in total. The minimum atomic E-state index is 0.248. The summed E-state index contributed by atoms with van der Waals surface area (Å²) in [6, 6.07) is 27.6. The van der Waals surface area contributed by atoms with E-state index >= 15 is 0 Å². The quantitative estimate of drug-likeness (QED) is 0.312. The molecule has 0 saturated heterocycles. The van der Waals surface area contributed by atoms with Gasteiger partial charge in [0, 0.05) is 22.5 Å². The fraction of sp³-hybridized carbons (Fsp3) is 0.179. The molecule has 2 aromatic heterocycles. The first-order valence-electron chi connectivity index (χ1n) is 10.4. The second-order valence-electron chi connectivity index (χ2n) is 9.18. The van der Waals surface area contributed by atoms with E-state index in [-0.39, 0.29) is 5.41 Å². The topological polar surface area (TPSA) is 26.0 Å². The molecule has 0 atom stereocenters. The Morgan fingerprint density at radius 2 is 1.50 bits per heavy atom. The van der Waals surface area contributed by atoms with Gasteiger partial charge in [-0.05, 0) is 64.9 Å². The minimum absolute atomic E-state index is 0.248. The molecule has 0 bridgehead atoms. The smallest absolute Gasteiger partial charge is 0.136 e. The van der Waals surface area contributed by atoms with E-state index in [1.807, 2.05) is 12.3 Å². The molecule has 148 valence electrons. The molecular weight excluding hydrogens is 366 g/mol. The third-order valence-corrected chi connectivity index (χ3v) is 5.43. The van der Waals surface area contributed by atoms with Crippen LogP contribution in [0, 0.1) is 5.41 Å². The highest BCUT2D eigenvalue weighted by atomic mass is 16.3. The molecule has 0 radical (unpaired) electrons. The van der Waals surface area contributed by atoms with Gasteiger partial charge in [-0.3, -0.25) is 4.98 Å². The Bertz CT molecular complexity index is 1340. The number of aromatic nitrogens is 1. The second-order valence-corrected chi connectivity index (χ2v) is 9.18. The van der Waals surface area contributed by atoms with Crippen LogP contribution in [-0.2, 0) is 6.42 Å². The Labute approximate surface area is 177 Å². The average molecular weight is 392 g/mol. The van der Waals surface area contributed by atoms with Crippen LogP contribution in [0.5, 0.6) is 0 Å².